The lowest BCUT2D eigenvalue weighted by atomic mass is 10.2. The smallest absolute Gasteiger partial charge is 0.244 e. The molecule has 1 fully saturated rings. The molecule has 1 aromatic carbocycles. The van der Waals surface area contributed by atoms with Crippen LogP contribution in [0.2, 0.25) is 0 Å². The molecule has 1 unspecified atom stereocenters. The molecule has 7 heteroatoms. The van der Waals surface area contributed by atoms with E-state index >= 15 is 0 Å². The molecule has 0 spiro atoms. The van der Waals surface area contributed by atoms with Crippen LogP contribution in [0, 0.1) is 6.92 Å². The molecular weight excluding hydrogens is 396 g/mol. The van der Waals surface area contributed by atoms with Gasteiger partial charge in [0, 0.05) is 28.6 Å². The Hall–Kier alpha value is 0.0500. The van der Waals surface area contributed by atoms with E-state index in [2.05, 4.69) is 37.2 Å². The van der Waals surface area contributed by atoms with Crippen LogP contribution in [0.4, 0.5) is 0 Å². The quantitative estimate of drug-likeness (QED) is 0.831. The van der Waals surface area contributed by atoms with Gasteiger partial charge in [0.25, 0.3) is 0 Å². The summed E-state index contributed by atoms with van der Waals surface area (Å²) in [6.07, 6.45) is 0.848. The van der Waals surface area contributed by atoms with Crippen molar-refractivity contribution < 1.29 is 8.42 Å². The average molecular weight is 412 g/mol. The topological polar surface area (TPSA) is 49.4 Å². The first-order chi connectivity index (χ1) is 8.84. The summed E-state index contributed by atoms with van der Waals surface area (Å²) in [6.45, 7) is 3.50. The van der Waals surface area contributed by atoms with Gasteiger partial charge in [-0.05, 0) is 53.5 Å². The molecule has 1 heterocycles. The molecule has 1 aromatic rings. The van der Waals surface area contributed by atoms with E-state index in [9.17, 15) is 8.42 Å². The molecule has 0 bridgehead atoms. The van der Waals surface area contributed by atoms with Crippen molar-refractivity contribution in [2.45, 2.75) is 24.3 Å². The number of likely N-dealkylation sites (N-methyl/N-ethyl adjacent to an activating group) is 1. The Bertz CT molecular complexity index is 584. The number of halogens is 2. The normalized spacial score (nSPS) is 20.2. The van der Waals surface area contributed by atoms with Gasteiger partial charge in [0.15, 0.2) is 0 Å². The SMILES string of the molecule is Cc1cc(Br)c(S(=O)(=O)N(C)C2CCNC2)cc1Br. The van der Waals surface area contributed by atoms with Gasteiger partial charge in [0.05, 0.1) is 4.90 Å². The number of sulfonamides is 1. The molecule has 19 heavy (non-hydrogen) atoms. The van der Waals surface area contributed by atoms with Crippen molar-refractivity contribution in [2.24, 2.45) is 0 Å². The molecule has 0 radical (unpaired) electrons. The zero-order valence-corrected chi connectivity index (χ0v) is 14.8. The lowest BCUT2D eigenvalue weighted by Gasteiger charge is -2.24. The monoisotopic (exact) mass is 410 g/mol. The molecule has 2 rings (SSSR count). The average Bonchev–Trinajstić information content (AvgIpc) is 2.86. The summed E-state index contributed by atoms with van der Waals surface area (Å²) < 4.78 is 28.2. The highest BCUT2D eigenvalue weighted by atomic mass is 79.9. The first-order valence-corrected chi connectivity index (χ1v) is 9.01. The Morgan fingerprint density at radius 1 is 1.32 bits per heavy atom. The van der Waals surface area contributed by atoms with E-state index in [1.807, 2.05) is 13.0 Å². The van der Waals surface area contributed by atoms with Gasteiger partial charge in [0.1, 0.15) is 0 Å². The minimum Gasteiger partial charge on any atom is -0.315 e. The zero-order chi connectivity index (χ0) is 14.2. The molecule has 1 N–H and O–H groups in total. The van der Waals surface area contributed by atoms with Gasteiger partial charge in [-0.2, -0.15) is 4.31 Å². The van der Waals surface area contributed by atoms with Gasteiger partial charge >= 0.3 is 0 Å². The second kappa shape index (κ2) is 5.81. The molecule has 1 aliphatic heterocycles. The summed E-state index contributed by atoms with van der Waals surface area (Å²) in [5.74, 6) is 0. The van der Waals surface area contributed by atoms with Gasteiger partial charge < -0.3 is 5.32 Å². The van der Waals surface area contributed by atoms with Crippen LogP contribution in [0.15, 0.2) is 26.0 Å². The van der Waals surface area contributed by atoms with E-state index < -0.39 is 10.0 Å². The molecule has 4 nitrogen and oxygen atoms in total. The summed E-state index contributed by atoms with van der Waals surface area (Å²) in [7, 11) is -1.83. The van der Waals surface area contributed by atoms with Crippen molar-refractivity contribution in [1.29, 1.82) is 0 Å². The fraction of sp³-hybridized carbons (Fsp3) is 0.500. The van der Waals surface area contributed by atoms with E-state index in [4.69, 9.17) is 0 Å². The van der Waals surface area contributed by atoms with E-state index in [0.29, 0.717) is 15.9 Å². The van der Waals surface area contributed by atoms with Gasteiger partial charge in [-0.25, -0.2) is 8.42 Å². The third-order valence-electron chi connectivity index (χ3n) is 3.42. The third kappa shape index (κ3) is 3.05. The summed E-state index contributed by atoms with van der Waals surface area (Å²) in [5, 5.41) is 3.18. The first-order valence-electron chi connectivity index (χ1n) is 5.98. The standard InChI is InChI=1S/C12H16Br2N2O2S/c1-8-5-11(14)12(6-10(8)13)19(17,18)16(2)9-3-4-15-7-9/h5-6,9,15H,3-4,7H2,1-2H3. The fourth-order valence-corrected chi connectivity index (χ4v) is 5.15. The van der Waals surface area contributed by atoms with Crippen LogP contribution >= 0.6 is 31.9 Å². The Labute approximate surface area is 130 Å². The van der Waals surface area contributed by atoms with Crippen molar-refractivity contribution >= 4 is 41.9 Å². The lowest BCUT2D eigenvalue weighted by Crippen LogP contribution is -2.38. The van der Waals surface area contributed by atoms with Crippen molar-refractivity contribution in [3.63, 3.8) is 0 Å². The molecule has 1 atom stereocenters. The maximum absolute atomic E-state index is 12.7. The van der Waals surface area contributed by atoms with Crippen LogP contribution < -0.4 is 5.32 Å². The largest absolute Gasteiger partial charge is 0.315 e. The number of rotatable bonds is 3. The van der Waals surface area contributed by atoms with Crippen LogP contribution in [0.25, 0.3) is 0 Å². The van der Waals surface area contributed by atoms with Crippen molar-refractivity contribution in [3.05, 3.63) is 26.6 Å². The number of nitrogens with one attached hydrogen (secondary N) is 1. The minimum atomic E-state index is -3.48. The molecular formula is C12H16Br2N2O2S. The third-order valence-corrected chi connectivity index (χ3v) is 7.14. The maximum Gasteiger partial charge on any atom is 0.244 e. The highest BCUT2D eigenvalue weighted by Crippen LogP contribution is 2.31. The molecule has 0 amide bonds. The first kappa shape index (κ1) is 15.4. The van der Waals surface area contributed by atoms with E-state index in [0.717, 1.165) is 23.0 Å². The number of hydrogen-bond donors (Lipinski definition) is 1. The minimum absolute atomic E-state index is 0.0250. The molecule has 106 valence electrons. The summed E-state index contributed by atoms with van der Waals surface area (Å²) in [6, 6.07) is 3.50. The van der Waals surface area contributed by atoms with Crippen molar-refractivity contribution in [3.8, 4) is 0 Å². The second-order valence-electron chi connectivity index (χ2n) is 4.70. The second-order valence-corrected chi connectivity index (χ2v) is 8.37. The zero-order valence-electron chi connectivity index (χ0n) is 10.8. The predicted molar refractivity (Wildman–Crippen MR) is 82.8 cm³/mol. The number of aryl methyl sites for hydroxylation is 1. The predicted octanol–water partition coefficient (Wildman–Crippen LogP) is 2.50. The molecule has 1 aliphatic rings. The van der Waals surface area contributed by atoms with Crippen molar-refractivity contribution in [2.75, 3.05) is 20.1 Å². The Morgan fingerprint density at radius 3 is 2.58 bits per heavy atom. The van der Waals surface area contributed by atoms with Crippen LogP contribution in [-0.4, -0.2) is 38.9 Å². The van der Waals surface area contributed by atoms with Gasteiger partial charge in [0.2, 0.25) is 10.0 Å². The van der Waals surface area contributed by atoms with E-state index in [1.54, 1.807) is 13.1 Å². The van der Waals surface area contributed by atoms with Crippen LogP contribution in [0.1, 0.15) is 12.0 Å². The van der Waals surface area contributed by atoms with E-state index in [-0.39, 0.29) is 6.04 Å². The van der Waals surface area contributed by atoms with Crippen LogP contribution in [-0.2, 0) is 10.0 Å². The molecule has 0 aromatic heterocycles. The fourth-order valence-electron chi connectivity index (χ4n) is 2.13. The van der Waals surface area contributed by atoms with Gasteiger partial charge in [-0.15, -0.1) is 0 Å². The highest BCUT2D eigenvalue weighted by molar-refractivity contribution is 9.11. The number of benzene rings is 1. The Morgan fingerprint density at radius 2 is 2.00 bits per heavy atom. The summed E-state index contributed by atoms with van der Waals surface area (Å²) >= 11 is 6.74. The maximum atomic E-state index is 12.7. The summed E-state index contributed by atoms with van der Waals surface area (Å²) in [5.41, 5.74) is 0.996. The lowest BCUT2D eigenvalue weighted by molar-refractivity contribution is 0.387. The van der Waals surface area contributed by atoms with E-state index in [1.165, 1.54) is 4.31 Å². The van der Waals surface area contributed by atoms with Crippen LogP contribution in [0.5, 0.6) is 0 Å². The number of hydrogen-bond acceptors (Lipinski definition) is 3. The number of nitrogens with zero attached hydrogens (tertiary/aromatic N) is 1. The Kier molecular flexibility index (Phi) is 4.72. The highest BCUT2D eigenvalue weighted by Gasteiger charge is 2.31. The van der Waals surface area contributed by atoms with Crippen molar-refractivity contribution in [1.82, 2.24) is 9.62 Å². The molecule has 0 aliphatic carbocycles. The summed E-state index contributed by atoms with van der Waals surface area (Å²) in [4.78, 5) is 0.305. The van der Waals surface area contributed by atoms with Gasteiger partial charge in [-0.1, -0.05) is 15.9 Å². The van der Waals surface area contributed by atoms with Gasteiger partial charge in [-0.3, -0.25) is 0 Å². The Balaban J connectivity index is 2.41. The molecule has 1 saturated heterocycles. The van der Waals surface area contributed by atoms with Crippen LogP contribution in [0.3, 0.4) is 0 Å². The molecule has 0 saturated carbocycles.